The number of carbonyl (C=O) groups excluding carboxylic acids is 1. The van der Waals surface area contributed by atoms with Crippen LogP contribution in [0.2, 0.25) is 5.02 Å². The van der Waals surface area contributed by atoms with Crippen LogP contribution in [-0.4, -0.2) is 11.5 Å². The van der Waals surface area contributed by atoms with Gasteiger partial charge in [0.15, 0.2) is 5.78 Å². The zero-order chi connectivity index (χ0) is 18.5. The fourth-order valence-corrected chi connectivity index (χ4v) is 5.35. The summed E-state index contributed by atoms with van der Waals surface area (Å²) in [5.41, 5.74) is 5.61. The molecule has 4 heteroatoms. The van der Waals surface area contributed by atoms with Gasteiger partial charge in [-0.15, -0.1) is 11.8 Å². The Morgan fingerprint density at radius 2 is 1.70 bits per heavy atom. The summed E-state index contributed by atoms with van der Waals surface area (Å²) < 4.78 is 0. The van der Waals surface area contributed by atoms with Crippen LogP contribution in [0.15, 0.2) is 76.6 Å². The Balaban J connectivity index is 1.75. The number of carbonyl (C=O) groups is 1. The first kappa shape index (κ1) is 16.8. The lowest BCUT2D eigenvalue weighted by Crippen LogP contribution is -2.22. The lowest BCUT2D eigenvalue weighted by atomic mass is 9.93. The Morgan fingerprint density at radius 1 is 0.963 bits per heavy atom. The van der Waals surface area contributed by atoms with Crippen LogP contribution in [0.4, 0.5) is 5.69 Å². The summed E-state index contributed by atoms with van der Waals surface area (Å²) in [6.45, 7) is 1.99. The average molecular weight is 390 g/mol. The molecule has 2 nitrogen and oxygen atoms in total. The van der Waals surface area contributed by atoms with Crippen molar-refractivity contribution in [2.75, 3.05) is 0 Å². The summed E-state index contributed by atoms with van der Waals surface area (Å²) in [5, 5.41) is 0.664. The molecule has 3 aromatic rings. The predicted octanol–water partition coefficient (Wildman–Crippen LogP) is 6.43. The van der Waals surface area contributed by atoms with E-state index in [1.807, 2.05) is 61.5 Å². The van der Waals surface area contributed by atoms with Crippen molar-refractivity contribution in [2.45, 2.75) is 17.1 Å². The van der Waals surface area contributed by atoms with Crippen LogP contribution in [0.5, 0.6) is 0 Å². The largest absolute Gasteiger partial charge is 0.293 e. The predicted molar refractivity (Wildman–Crippen MR) is 112 cm³/mol. The van der Waals surface area contributed by atoms with Gasteiger partial charge >= 0.3 is 0 Å². The molecule has 1 heterocycles. The minimum atomic E-state index is -0.307. The molecule has 0 amide bonds. The second-order valence-electron chi connectivity index (χ2n) is 6.90. The third kappa shape index (κ3) is 2.65. The van der Waals surface area contributed by atoms with Gasteiger partial charge in [-0.3, -0.25) is 9.79 Å². The molecule has 2 aliphatic rings. The molecule has 0 aromatic heterocycles. The number of aliphatic imine (C=N–C) groups is 1. The van der Waals surface area contributed by atoms with E-state index in [1.54, 1.807) is 11.8 Å². The molecule has 3 aromatic carbocycles. The Hall–Kier alpha value is -2.36. The Bertz CT molecular complexity index is 1120. The van der Waals surface area contributed by atoms with Crippen molar-refractivity contribution in [3.8, 4) is 0 Å². The van der Waals surface area contributed by atoms with Crippen molar-refractivity contribution >= 4 is 40.5 Å². The molecule has 5 rings (SSSR count). The highest BCUT2D eigenvalue weighted by atomic mass is 35.5. The van der Waals surface area contributed by atoms with Crippen molar-refractivity contribution in [3.05, 3.63) is 94.0 Å². The minimum absolute atomic E-state index is 0.0644. The molecule has 27 heavy (non-hydrogen) atoms. The number of benzene rings is 3. The number of aryl methyl sites for hydroxylation is 1. The fourth-order valence-electron chi connectivity index (χ4n) is 3.82. The molecule has 1 aliphatic carbocycles. The van der Waals surface area contributed by atoms with Gasteiger partial charge in [0.2, 0.25) is 0 Å². The molecule has 0 N–H and O–H groups in total. The first-order valence-electron chi connectivity index (χ1n) is 8.87. The molecule has 0 radical (unpaired) electrons. The molecule has 0 saturated carbocycles. The molecule has 0 spiro atoms. The number of thioether (sulfide) groups is 1. The molecule has 2 atom stereocenters. The van der Waals surface area contributed by atoms with E-state index in [0.29, 0.717) is 0 Å². The summed E-state index contributed by atoms with van der Waals surface area (Å²) in [4.78, 5) is 19.4. The van der Waals surface area contributed by atoms with Gasteiger partial charge in [-0.05, 0) is 36.2 Å². The van der Waals surface area contributed by atoms with Crippen LogP contribution in [0.3, 0.4) is 0 Å². The summed E-state index contributed by atoms with van der Waals surface area (Å²) in [5.74, 6) is -0.162. The van der Waals surface area contributed by atoms with Crippen LogP contribution in [0.25, 0.3) is 0 Å². The zero-order valence-electron chi connectivity index (χ0n) is 14.6. The molecule has 0 fully saturated rings. The maximum atomic E-state index is 13.3. The number of nitrogens with zero attached hydrogens (tertiary/aromatic N) is 1. The number of fused-ring (bicyclic) bond motifs is 4. The number of para-hydroxylation sites is 1. The molecule has 0 saturated heterocycles. The average Bonchev–Trinajstić information content (AvgIpc) is 2.85. The molecule has 0 bridgehead atoms. The smallest absolute Gasteiger partial charge is 0.174 e. The van der Waals surface area contributed by atoms with Crippen molar-refractivity contribution in [3.63, 3.8) is 0 Å². The number of hydrogen-bond acceptors (Lipinski definition) is 3. The molecular formula is C23H16ClNOS. The second kappa shape index (κ2) is 6.36. The van der Waals surface area contributed by atoms with Gasteiger partial charge in [0.25, 0.3) is 0 Å². The summed E-state index contributed by atoms with van der Waals surface area (Å²) in [6.07, 6.45) is 0. The van der Waals surface area contributed by atoms with Crippen molar-refractivity contribution in [1.82, 2.24) is 0 Å². The maximum absolute atomic E-state index is 13.3. The standard InChI is InChI=1S/C23H16ClNOS/c1-13-10-11-14(12-17(13)24)23-20-21(15-6-2-3-7-16(15)22(20)26)25-18-8-4-5-9-19(18)27-23/h2-12,20,23H,1H3/t20-,23+/m1/s1. The highest BCUT2D eigenvalue weighted by molar-refractivity contribution is 7.99. The number of rotatable bonds is 1. The van der Waals surface area contributed by atoms with Gasteiger partial charge in [-0.1, -0.05) is 60.1 Å². The third-order valence-electron chi connectivity index (χ3n) is 5.23. The van der Waals surface area contributed by atoms with Gasteiger partial charge < -0.3 is 0 Å². The normalized spacial score (nSPS) is 20.4. The van der Waals surface area contributed by atoms with E-state index in [0.717, 1.165) is 43.6 Å². The zero-order valence-corrected chi connectivity index (χ0v) is 16.2. The van der Waals surface area contributed by atoms with Crippen LogP contribution in [0, 0.1) is 12.8 Å². The van der Waals surface area contributed by atoms with Crippen LogP contribution >= 0.6 is 23.4 Å². The lowest BCUT2D eigenvalue weighted by molar-refractivity contribution is 0.0960. The maximum Gasteiger partial charge on any atom is 0.174 e. The van der Waals surface area contributed by atoms with Gasteiger partial charge in [0.1, 0.15) is 0 Å². The van der Waals surface area contributed by atoms with E-state index in [4.69, 9.17) is 16.6 Å². The number of Topliss-reactive ketones (excluding diaryl/α,β-unsaturated/α-hetero) is 1. The van der Waals surface area contributed by atoms with E-state index in [-0.39, 0.29) is 17.0 Å². The highest BCUT2D eigenvalue weighted by Crippen LogP contribution is 2.51. The lowest BCUT2D eigenvalue weighted by Gasteiger charge is -2.22. The molecule has 0 unspecified atom stereocenters. The second-order valence-corrected chi connectivity index (χ2v) is 8.49. The van der Waals surface area contributed by atoms with Crippen LogP contribution < -0.4 is 0 Å². The SMILES string of the molecule is Cc1ccc([C@@H]2Sc3ccccc3N=C3c4ccccc4C(=O)[C@@H]32)cc1Cl. The Labute approximate surface area is 167 Å². The summed E-state index contributed by atoms with van der Waals surface area (Å²) in [6, 6.07) is 22.0. The number of hydrogen-bond donors (Lipinski definition) is 0. The summed E-state index contributed by atoms with van der Waals surface area (Å²) >= 11 is 8.12. The number of halogens is 1. The van der Waals surface area contributed by atoms with E-state index >= 15 is 0 Å². The Kier molecular flexibility index (Phi) is 3.96. The third-order valence-corrected chi connectivity index (χ3v) is 7.04. The van der Waals surface area contributed by atoms with Crippen LogP contribution in [-0.2, 0) is 0 Å². The molecule has 132 valence electrons. The molecule has 1 aliphatic heterocycles. The van der Waals surface area contributed by atoms with Gasteiger partial charge in [0, 0.05) is 21.0 Å². The first-order valence-corrected chi connectivity index (χ1v) is 10.1. The van der Waals surface area contributed by atoms with E-state index in [1.165, 1.54) is 0 Å². The van der Waals surface area contributed by atoms with Crippen LogP contribution in [0.1, 0.15) is 32.3 Å². The fraction of sp³-hybridized carbons (Fsp3) is 0.130. The van der Waals surface area contributed by atoms with Gasteiger partial charge in [0.05, 0.1) is 22.6 Å². The highest BCUT2D eigenvalue weighted by Gasteiger charge is 2.44. The quantitative estimate of drug-likeness (QED) is 0.480. The van der Waals surface area contributed by atoms with Crippen molar-refractivity contribution in [2.24, 2.45) is 10.9 Å². The van der Waals surface area contributed by atoms with E-state index in [9.17, 15) is 4.79 Å². The van der Waals surface area contributed by atoms with Gasteiger partial charge in [-0.2, -0.15) is 0 Å². The first-order chi connectivity index (χ1) is 13.1. The monoisotopic (exact) mass is 389 g/mol. The Morgan fingerprint density at radius 3 is 2.52 bits per heavy atom. The van der Waals surface area contributed by atoms with Crippen molar-refractivity contribution in [1.29, 1.82) is 0 Å². The van der Waals surface area contributed by atoms with E-state index in [2.05, 4.69) is 12.1 Å². The van der Waals surface area contributed by atoms with Crippen molar-refractivity contribution < 1.29 is 4.79 Å². The van der Waals surface area contributed by atoms with E-state index < -0.39 is 0 Å². The van der Waals surface area contributed by atoms with Gasteiger partial charge in [-0.25, -0.2) is 0 Å². The topological polar surface area (TPSA) is 29.4 Å². The molecular weight excluding hydrogens is 374 g/mol. The summed E-state index contributed by atoms with van der Waals surface area (Å²) in [7, 11) is 0. The minimum Gasteiger partial charge on any atom is -0.293 e. The number of ketones is 1.